The van der Waals surface area contributed by atoms with E-state index in [-0.39, 0.29) is 16.7 Å². The van der Waals surface area contributed by atoms with Crippen LogP contribution in [0.4, 0.5) is 0 Å². The third kappa shape index (κ3) is 5.36. The standard InChI is InChI=1S/C29H42O/c1-11-29(9,10)23-15-14-21(13-12-19(2)3)25(18-23)22-16-24(20(4)5)27(30)26(17-22)28(6,7)8/h12-20,30H,11H2,1-10H3/b13-12+. The topological polar surface area (TPSA) is 20.2 Å². The second-order valence-electron chi connectivity index (χ2n) is 11.0. The molecule has 2 rings (SSSR count). The molecule has 0 unspecified atom stereocenters. The number of rotatable bonds is 6. The summed E-state index contributed by atoms with van der Waals surface area (Å²) in [6.07, 6.45) is 5.60. The number of phenols is 1. The van der Waals surface area contributed by atoms with Gasteiger partial charge >= 0.3 is 0 Å². The fourth-order valence-electron chi connectivity index (χ4n) is 3.70. The lowest BCUT2D eigenvalue weighted by Crippen LogP contribution is -2.16. The minimum Gasteiger partial charge on any atom is -0.507 e. The first kappa shape index (κ1) is 24.3. The first-order chi connectivity index (χ1) is 13.8. The molecule has 0 saturated carbocycles. The van der Waals surface area contributed by atoms with E-state index in [0.717, 1.165) is 17.5 Å². The molecule has 0 fully saturated rings. The molecule has 0 heterocycles. The Morgan fingerprint density at radius 2 is 1.57 bits per heavy atom. The minimum atomic E-state index is -0.127. The summed E-state index contributed by atoms with van der Waals surface area (Å²) in [5.41, 5.74) is 7.08. The SMILES string of the molecule is CCC(C)(C)c1ccc(/C=C/C(C)C)c(-c2cc(C(C)C)c(O)c(C(C)(C)C)c2)c1. The Bertz CT molecular complexity index is 905. The van der Waals surface area contributed by atoms with Crippen LogP contribution in [0.15, 0.2) is 36.4 Å². The van der Waals surface area contributed by atoms with Crippen molar-refractivity contribution in [3.8, 4) is 16.9 Å². The van der Waals surface area contributed by atoms with Crippen molar-refractivity contribution >= 4 is 6.08 Å². The molecule has 1 heteroatoms. The second-order valence-corrected chi connectivity index (χ2v) is 11.0. The molecule has 2 aromatic rings. The van der Waals surface area contributed by atoms with E-state index in [4.69, 9.17) is 0 Å². The molecule has 0 saturated heterocycles. The highest BCUT2D eigenvalue weighted by Gasteiger charge is 2.24. The molecule has 164 valence electrons. The molecule has 0 bridgehead atoms. The maximum absolute atomic E-state index is 11.0. The Kier molecular flexibility index (Phi) is 7.28. The summed E-state index contributed by atoms with van der Waals surface area (Å²) >= 11 is 0. The van der Waals surface area contributed by atoms with E-state index in [1.807, 2.05) is 0 Å². The van der Waals surface area contributed by atoms with Gasteiger partial charge < -0.3 is 5.11 Å². The van der Waals surface area contributed by atoms with Gasteiger partial charge in [0.15, 0.2) is 0 Å². The maximum Gasteiger partial charge on any atom is 0.122 e. The molecule has 0 aliphatic carbocycles. The van der Waals surface area contributed by atoms with Crippen LogP contribution >= 0.6 is 0 Å². The Balaban J connectivity index is 2.85. The summed E-state index contributed by atoms with van der Waals surface area (Å²) in [6.45, 7) is 22.1. The lowest BCUT2D eigenvalue weighted by molar-refractivity contribution is 0.437. The molecule has 0 aromatic heterocycles. The zero-order chi connectivity index (χ0) is 22.9. The van der Waals surface area contributed by atoms with Crippen LogP contribution in [0.25, 0.3) is 17.2 Å². The van der Waals surface area contributed by atoms with E-state index in [0.29, 0.717) is 11.7 Å². The fraction of sp³-hybridized carbons (Fsp3) is 0.517. The lowest BCUT2D eigenvalue weighted by Gasteiger charge is -2.27. The quantitative estimate of drug-likeness (QED) is 0.508. The molecule has 1 nitrogen and oxygen atoms in total. The number of hydrogen-bond donors (Lipinski definition) is 1. The van der Waals surface area contributed by atoms with Crippen molar-refractivity contribution < 1.29 is 5.11 Å². The van der Waals surface area contributed by atoms with Crippen LogP contribution in [0.2, 0.25) is 0 Å². The molecule has 0 aliphatic heterocycles. The van der Waals surface area contributed by atoms with Crippen LogP contribution in [0.1, 0.15) is 104 Å². The van der Waals surface area contributed by atoms with Gasteiger partial charge in [-0.3, -0.25) is 0 Å². The van der Waals surface area contributed by atoms with Gasteiger partial charge in [-0.2, -0.15) is 0 Å². The van der Waals surface area contributed by atoms with E-state index in [2.05, 4.69) is 112 Å². The summed E-state index contributed by atoms with van der Waals surface area (Å²) < 4.78 is 0. The van der Waals surface area contributed by atoms with Crippen LogP contribution in [0, 0.1) is 5.92 Å². The summed E-state index contributed by atoms with van der Waals surface area (Å²) in [7, 11) is 0. The predicted octanol–water partition coefficient (Wildman–Crippen LogP) is 8.84. The van der Waals surface area contributed by atoms with Gasteiger partial charge in [-0.25, -0.2) is 0 Å². The van der Waals surface area contributed by atoms with E-state index >= 15 is 0 Å². The van der Waals surface area contributed by atoms with Crippen molar-refractivity contribution in [3.05, 3.63) is 58.7 Å². The van der Waals surface area contributed by atoms with Gasteiger partial charge in [0.05, 0.1) is 0 Å². The van der Waals surface area contributed by atoms with E-state index in [1.54, 1.807) is 0 Å². The van der Waals surface area contributed by atoms with Crippen LogP contribution in [-0.2, 0) is 10.8 Å². The van der Waals surface area contributed by atoms with Gasteiger partial charge in [-0.05, 0) is 69.0 Å². The van der Waals surface area contributed by atoms with Crippen molar-refractivity contribution in [2.75, 3.05) is 0 Å². The highest BCUT2D eigenvalue weighted by Crippen LogP contribution is 2.42. The van der Waals surface area contributed by atoms with Gasteiger partial charge in [0, 0.05) is 5.56 Å². The highest BCUT2D eigenvalue weighted by atomic mass is 16.3. The third-order valence-electron chi connectivity index (χ3n) is 6.26. The Hall–Kier alpha value is -2.02. The van der Waals surface area contributed by atoms with Crippen molar-refractivity contribution in [3.63, 3.8) is 0 Å². The first-order valence-corrected chi connectivity index (χ1v) is 11.5. The molecule has 1 N–H and O–H groups in total. The molecule has 0 atom stereocenters. The lowest BCUT2D eigenvalue weighted by atomic mass is 9.78. The number of benzene rings is 2. The smallest absolute Gasteiger partial charge is 0.122 e. The molecular formula is C29H42O. The van der Waals surface area contributed by atoms with Crippen molar-refractivity contribution in [2.45, 2.75) is 92.4 Å². The number of allylic oxidation sites excluding steroid dienone is 1. The third-order valence-corrected chi connectivity index (χ3v) is 6.26. The molecule has 2 aromatic carbocycles. The normalized spacial score (nSPS) is 13.1. The van der Waals surface area contributed by atoms with Gasteiger partial charge in [0.2, 0.25) is 0 Å². The first-order valence-electron chi connectivity index (χ1n) is 11.5. The van der Waals surface area contributed by atoms with Crippen LogP contribution in [-0.4, -0.2) is 5.11 Å². The van der Waals surface area contributed by atoms with E-state index in [1.165, 1.54) is 22.3 Å². The fourth-order valence-corrected chi connectivity index (χ4v) is 3.70. The van der Waals surface area contributed by atoms with Crippen molar-refractivity contribution in [1.82, 2.24) is 0 Å². The highest BCUT2D eigenvalue weighted by molar-refractivity contribution is 5.78. The average Bonchev–Trinajstić information content (AvgIpc) is 2.65. The Labute approximate surface area is 185 Å². The average molecular weight is 407 g/mol. The summed E-state index contributed by atoms with van der Waals surface area (Å²) in [5, 5.41) is 11.0. The Morgan fingerprint density at radius 3 is 2.07 bits per heavy atom. The number of hydrogen-bond acceptors (Lipinski definition) is 1. The summed E-state index contributed by atoms with van der Waals surface area (Å²) in [5.74, 6) is 1.21. The van der Waals surface area contributed by atoms with E-state index < -0.39 is 0 Å². The van der Waals surface area contributed by atoms with Crippen LogP contribution in [0.5, 0.6) is 5.75 Å². The van der Waals surface area contributed by atoms with Gasteiger partial charge in [-0.15, -0.1) is 0 Å². The number of phenolic OH excluding ortho intramolecular Hbond substituents is 1. The summed E-state index contributed by atoms with van der Waals surface area (Å²) in [4.78, 5) is 0. The number of aromatic hydroxyl groups is 1. The zero-order valence-corrected chi connectivity index (χ0v) is 20.9. The van der Waals surface area contributed by atoms with Gasteiger partial charge in [-0.1, -0.05) is 99.6 Å². The molecule has 0 spiro atoms. The molecule has 0 aliphatic rings. The van der Waals surface area contributed by atoms with E-state index in [9.17, 15) is 5.11 Å². The van der Waals surface area contributed by atoms with Gasteiger partial charge in [0.1, 0.15) is 5.75 Å². The monoisotopic (exact) mass is 406 g/mol. The Morgan fingerprint density at radius 1 is 0.933 bits per heavy atom. The van der Waals surface area contributed by atoms with Crippen molar-refractivity contribution in [2.24, 2.45) is 5.92 Å². The summed E-state index contributed by atoms with van der Waals surface area (Å²) in [6, 6.07) is 11.3. The molecule has 0 radical (unpaired) electrons. The zero-order valence-electron chi connectivity index (χ0n) is 20.9. The van der Waals surface area contributed by atoms with Crippen LogP contribution in [0.3, 0.4) is 0 Å². The molecular weight excluding hydrogens is 364 g/mol. The molecule has 0 amide bonds. The molecule has 30 heavy (non-hydrogen) atoms. The van der Waals surface area contributed by atoms with Crippen molar-refractivity contribution in [1.29, 1.82) is 0 Å². The second kappa shape index (κ2) is 9.00. The maximum atomic E-state index is 11.0. The van der Waals surface area contributed by atoms with Crippen LogP contribution < -0.4 is 0 Å². The predicted molar refractivity (Wildman–Crippen MR) is 134 cm³/mol. The largest absolute Gasteiger partial charge is 0.507 e. The van der Waals surface area contributed by atoms with Gasteiger partial charge in [0.25, 0.3) is 0 Å². The minimum absolute atomic E-state index is 0.125.